The molecule has 1 saturated heterocycles. The fourth-order valence-corrected chi connectivity index (χ4v) is 3.02. The first-order chi connectivity index (χ1) is 13.1. The summed E-state index contributed by atoms with van der Waals surface area (Å²) in [6.45, 7) is 3.66. The Balaban J connectivity index is 1.64. The summed E-state index contributed by atoms with van der Waals surface area (Å²) >= 11 is 0. The summed E-state index contributed by atoms with van der Waals surface area (Å²) in [4.78, 5) is 20.7. The summed E-state index contributed by atoms with van der Waals surface area (Å²) in [7, 11) is 2.04. The van der Waals surface area contributed by atoms with Gasteiger partial charge in [0, 0.05) is 45.1 Å². The molecule has 0 bridgehead atoms. The second-order valence-electron chi connectivity index (χ2n) is 6.78. The average molecular weight is 372 g/mol. The number of hydrogen-bond acceptors (Lipinski definition) is 4. The van der Waals surface area contributed by atoms with Crippen molar-refractivity contribution in [3.8, 4) is 0 Å². The predicted molar refractivity (Wildman–Crippen MR) is 101 cm³/mol. The van der Waals surface area contributed by atoms with Crippen molar-refractivity contribution < 1.29 is 13.9 Å². The van der Waals surface area contributed by atoms with Gasteiger partial charge in [-0.25, -0.2) is 9.18 Å². The van der Waals surface area contributed by atoms with Crippen LogP contribution in [0.25, 0.3) is 0 Å². The van der Waals surface area contributed by atoms with E-state index in [2.05, 4.69) is 15.2 Å². The van der Waals surface area contributed by atoms with E-state index in [4.69, 9.17) is 4.74 Å². The first kappa shape index (κ1) is 19.3. The zero-order chi connectivity index (χ0) is 19.1. The molecule has 27 heavy (non-hydrogen) atoms. The highest BCUT2D eigenvalue weighted by atomic mass is 19.1. The van der Waals surface area contributed by atoms with Crippen molar-refractivity contribution >= 4 is 6.03 Å². The lowest BCUT2D eigenvalue weighted by molar-refractivity contribution is -0.0173. The molecule has 2 aromatic rings. The Morgan fingerprint density at radius 1 is 1.22 bits per heavy atom. The Hall–Kier alpha value is -2.51. The smallest absolute Gasteiger partial charge is 0.318 e. The number of hydrogen-bond donors (Lipinski definition) is 1. The van der Waals surface area contributed by atoms with Gasteiger partial charge in [-0.2, -0.15) is 0 Å². The van der Waals surface area contributed by atoms with Crippen molar-refractivity contribution in [2.75, 3.05) is 33.3 Å². The quantitative estimate of drug-likeness (QED) is 0.845. The molecule has 1 fully saturated rings. The van der Waals surface area contributed by atoms with E-state index in [-0.39, 0.29) is 18.0 Å². The normalized spacial score (nSPS) is 17.5. The minimum absolute atomic E-state index is 0.0127. The summed E-state index contributed by atoms with van der Waals surface area (Å²) in [5.41, 5.74) is 1.85. The largest absolute Gasteiger partial charge is 0.374 e. The molecule has 1 unspecified atom stereocenters. The highest BCUT2D eigenvalue weighted by Crippen LogP contribution is 2.11. The van der Waals surface area contributed by atoms with Crippen LogP contribution < -0.4 is 5.32 Å². The van der Waals surface area contributed by atoms with Gasteiger partial charge in [-0.1, -0.05) is 12.1 Å². The molecular weight excluding hydrogens is 347 g/mol. The van der Waals surface area contributed by atoms with E-state index in [1.54, 1.807) is 29.4 Å². The fraction of sp³-hybridized carbons (Fsp3) is 0.400. The molecule has 0 radical (unpaired) electrons. The maximum Gasteiger partial charge on any atom is 0.318 e. The Morgan fingerprint density at radius 3 is 2.56 bits per heavy atom. The van der Waals surface area contributed by atoms with Crippen molar-refractivity contribution in [3.63, 3.8) is 0 Å². The lowest BCUT2D eigenvalue weighted by atomic mass is 10.2. The maximum atomic E-state index is 13.2. The number of halogens is 1. The fourth-order valence-electron chi connectivity index (χ4n) is 3.02. The number of nitrogens with zero attached hydrogens (tertiary/aromatic N) is 3. The third-order valence-electron chi connectivity index (χ3n) is 4.52. The van der Waals surface area contributed by atoms with Crippen LogP contribution in [-0.4, -0.2) is 60.2 Å². The lowest BCUT2D eigenvalue weighted by Gasteiger charge is -2.31. The highest BCUT2D eigenvalue weighted by Gasteiger charge is 2.20. The van der Waals surface area contributed by atoms with E-state index >= 15 is 0 Å². The van der Waals surface area contributed by atoms with Crippen LogP contribution in [0, 0.1) is 5.82 Å². The van der Waals surface area contributed by atoms with E-state index in [1.807, 2.05) is 19.2 Å². The second kappa shape index (κ2) is 9.43. The molecule has 1 atom stereocenters. The first-order valence-electron chi connectivity index (χ1n) is 9.06. The molecular formula is C20H25FN4O2. The van der Waals surface area contributed by atoms with E-state index in [1.165, 1.54) is 12.1 Å². The van der Waals surface area contributed by atoms with Crippen LogP contribution in [-0.2, 0) is 17.8 Å². The van der Waals surface area contributed by atoms with Crippen molar-refractivity contribution in [3.05, 3.63) is 65.7 Å². The second-order valence-corrected chi connectivity index (χ2v) is 6.78. The van der Waals surface area contributed by atoms with Crippen LogP contribution in [0.3, 0.4) is 0 Å². The van der Waals surface area contributed by atoms with Gasteiger partial charge in [0.2, 0.25) is 0 Å². The van der Waals surface area contributed by atoms with Gasteiger partial charge in [-0.15, -0.1) is 0 Å². The van der Waals surface area contributed by atoms with Crippen LogP contribution in [0.1, 0.15) is 11.1 Å². The topological polar surface area (TPSA) is 57.7 Å². The van der Waals surface area contributed by atoms with Gasteiger partial charge in [0.15, 0.2) is 0 Å². The molecule has 1 aromatic carbocycles. The Morgan fingerprint density at radius 2 is 1.89 bits per heavy atom. The number of rotatable bonds is 6. The van der Waals surface area contributed by atoms with Gasteiger partial charge in [0.05, 0.1) is 12.7 Å². The predicted octanol–water partition coefficient (Wildman–Crippen LogP) is 2.26. The number of amides is 2. The van der Waals surface area contributed by atoms with Crippen LogP contribution in [0.2, 0.25) is 0 Å². The van der Waals surface area contributed by atoms with Gasteiger partial charge in [0.1, 0.15) is 5.82 Å². The lowest BCUT2D eigenvalue weighted by Crippen LogP contribution is -2.48. The number of likely N-dealkylation sites (N-methyl/N-ethyl adjacent to an activating group) is 1. The number of morpholine rings is 1. The summed E-state index contributed by atoms with van der Waals surface area (Å²) < 4.78 is 18.9. The van der Waals surface area contributed by atoms with Crippen molar-refractivity contribution in [2.45, 2.75) is 19.2 Å². The van der Waals surface area contributed by atoms with Gasteiger partial charge in [-0.3, -0.25) is 4.98 Å². The molecule has 144 valence electrons. The van der Waals surface area contributed by atoms with Crippen LogP contribution >= 0.6 is 0 Å². The summed E-state index contributed by atoms with van der Waals surface area (Å²) in [5, 5.41) is 2.97. The zero-order valence-corrected chi connectivity index (χ0v) is 15.5. The van der Waals surface area contributed by atoms with Crippen LogP contribution in [0.5, 0.6) is 0 Å². The Bertz CT molecular complexity index is 727. The van der Waals surface area contributed by atoms with E-state index in [0.29, 0.717) is 26.2 Å². The number of urea groups is 1. The Kier molecular flexibility index (Phi) is 6.73. The number of pyridine rings is 1. The Labute approximate surface area is 158 Å². The van der Waals surface area contributed by atoms with Crippen molar-refractivity contribution in [2.24, 2.45) is 0 Å². The maximum absolute atomic E-state index is 13.2. The number of nitrogens with one attached hydrogen (secondary N) is 1. The average Bonchev–Trinajstić information content (AvgIpc) is 2.68. The molecule has 3 rings (SSSR count). The molecule has 7 heteroatoms. The number of ether oxygens (including phenoxy) is 1. The molecule has 0 spiro atoms. The first-order valence-corrected chi connectivity index (χ1v) is 9.06. The van der Waals surface area contributed by atoms with Crippen LogP contribution in [0.15, 0.2) is 48.8 Å². The standard InChI is InChI=1S/C20H25FN4O2/c1-24-10-11-27-19(15-24)12-23-20(26)25(14-17-6-8-22-9-7-17)13-16-2-4-18(21)5-3-16/h2-9,19H,10-15H2,1H3,(H,23,26). The number of benzene rings is 1. The molecule has 6 nitrogen and oxygen atoms in total. The SMILES string of the molecule is CN1CCOC(CNC(=O)N(Cc2ccncc2)Cc2ccc(F)cc2)C1. The molecule has 0 aliphatic carbocycles. The van der Waals surface area contributed by atoms with Gasteiger partial charge in [-0.05, 0) is 42.4 Å². The van der Waals surface area contributed by atoms with Gasteiger partial charge < -0.3 is 19.9 Å². The summed E-state index contributed by atoms with van der Waals surface area (Å²) in [5.74, 6) is -0.289. The van der Waals surface area contributed by atoms with Crippen LogP contribution in [0.4, 0.5) is 9.18 Å². The third kappa shape index (κ3) is 6.01. The molecule has 1 aromatic heterocycles. The highest BCUT2D eigenvalue weighted by molar-refractivity contribution is 5.74. The van der Waals surface area contributed by atoms with Crippen molar-refractivity contribution in [1.82, 2.24) is 20.1 Å². The van der Waals surface area contributed by atoms with Gasteiger partial charge >= 0.3 is 6.03 Å². The minimum atomic E-state index is -0.289. The molecule has 2 amide bonds. The molecule has 1 aliphatic rings. The molecule has 1 aliphatic heterocycles. The summed E-state index contributed by atoms with van der Waals surface area (Å²) in [6.07, 6.45) is 3.39. The number of carbonyl (C=O) groups is 1. The molecule has 0 saturated carbocycles. The molecule has 2 heterocycles. The zero-order valence-electron chi connectivity index (χ0n) is 15.5. The monoisotopic (exact) mass is 372 g/mol. The summed E-state index contributed by atoms with van der Waals surface area (Å²) in [6, 6.07) is 9.79. The number of aromatic nitrogens is 1. The van der Waals surface area contributed by atoms with Gasteiger partial charge in [0.25, 0.3) is 0 Å². The van der Waals surface area contributed by atoms with E-state index in [9.17, 15) is 9.18 Å². The third-order valence-corrected chi connectivity index (χ3v) is 4.52. The minimum Gasteiger partial charge on any atom is -0.374 e. The van der Waals surface area contributed by atoms with Crippen molar-refractivity contribution in [1.29, 1.82) is 0 Å². The molecule has 1 N–H and O–H groups in total. The van der Waals surface area contributed by atoms with E-state index in [0.717, 1.165) is 24.2 Å². The number of carbonyl (C=O) groups excluding carboxylic acids is 1. The van der Waals surface area contributed by atoms with E-state index < -0.39 is 0 Å².